The van der Waals surface area contributed by atoms with Crippen LogP contribution in [0, 0.1) is 13.8 Å². The van der Waals surface area contributed by atoms with Crippen LogP contribution < -0.4 is 10.6 Å². The Morgan fingerprint density at radius 3 is 2.62 bits per heavy atom. The first-order valence-corrected chi connectivity index (χ1v) is 7.24. The molecule has 1 aromatic rings. The summed E-state index contributed by atoms with van der Waals surface area (Å²) in [6.07, 6.45) is 0.486. The Morgan fingerprint density at radius 1 is 1.38 bits per heavy atom. The summed E-state index contributed by atoms with van der Waals surface area (Å²) in [5.74, 6) is -0.0194. The summed E-state index contributed by atoms with van der Waals surface area (Å²) in [5, 5.41) is 6.20. The third-order valence-electron chi connectivity index (χ3n) is 3.43. The molecular weight excluding hydrogens is 288 g/mol. The highest BCUT2D eigenvalue weighted by Gasteiger charge is 2.22. The number of carbonyl (C=O) groups is 1. The number of carbonyl (C=O) groups excluding carboxylic acids is 1. The van der Waals surface area contributed by atoms with E-state index >= 15 is 0 Å². The molecule has 4 nitrogen and oxygen atoms in total. The molecule has 0 bridgehead atoms. The Bertz CT molecular complexity index is 453. The Balaban J connectivity index is 0.00000220. The summed E-state index contributed by atoms with van der Waals surface area (Å²) >= 11 is 0. The molecule has 1 saturated heterocycles. The fourth-order valence-corrected chi connectivity index (χ4v) is 2.66. The zero-order valence-corrected chi connectivity index (χ0v) is 13.8. The Hall–Kier alpha value is -1.10. The van der Waals surface area contributed by atoms with Gasteiger partial charge >= 0.3 is 0 Å². The molecule has 0 saturated carbocycles. The third kappa shape index (κ3) is 5.65. The Morgan fingerprint density at radius 2 is 2.05 bits per heavy atom. The van der Waals surface area contributed by atoms with Gasteiger partial charge in [-0.3, -0.25) is 4.79 Å². The van der Waals surface area contributed by atoms with Gasteiger partial charge in [-0.2, -0.15) is 0 Å². The maximum Gasteiger partial charge on any atom is 0.250 e. The van der Waals surface area contributed by atoms with Crippen LogP contribution in [0.5, 0.6) is 0 Å². The Kier molecular flexibility index (Phi) is 7.15. The van der Waals surface area contributed by atoms with E-state index in [-0.39, 0.29) is 30.5 Å². The molecule has 1 heterocycles. The fourth-order valence-electron chi connectivity index (χ4n) is 2.66. The van der Waals surface area contributed by atoms with E-state index in [0.717, 1.165) is 13.0 Å². The quantitative estimate of drug-likeness (QED) is 0.891. The van der Waals surface area contributed by atoms with Crippen molar-refractivity contribution in [2.45, 2.75) is 39.3 Å². The summed E-state index contributed by atoms with van der Waals surface area (Å²) < 4.78 is 5.45. The molecular formula is C16H25ClN2O2. The van der Waals surface area contributed by atoms with Gasteiger partial charge in [0.2, 0.25) is 0 Å². The number of hydrogen-bond acceptors (Lipinski definition) is 3. The predicted octanol–water partition coefficient (Wildman–Crippen LogP) is 1.76. The number of morpholine rings is 1. The number of halogens is 1. The molecule has 0 aliphatic carbocycles. The minimum Gasteiger partial charge on any atom is -0.366 e. The first kappa shape index (κ1) is 18.0. The highest BCUT2D eigenvalue weighted by Crippen LogP contribution is 2.11. The van der Waals surface area contributed by atoms with E-state index in [2.05, 4.69) is 42.7 Å². The number of ether oxygens (including phenoxy) is 1. The number of aryl methyl sites for hydroxylation is 2. The summed E-state index contributed by atoms with van der Waals surface area (Å²) in [4.78, 5) is 12.1. The lowest BCUT2D eigenvalue weighted by atomic mass is 10.0. The molecule has 2 N–H and O–H groups in total. The molecule has 118 valence electrons. The standard InChI is InChI=1S/C16H24N2O2.ClH/c1-11-6-12(2)8-14(7-11)9-13(3)18-16(19)15-10-17-4-5-20-15;/h6-8,13,15,17H,4-5,9-10H2,1-3H3,(H,18,19);1H. The molecule has 1 amide bonds. The summed E-state index contributed by atoms with van der Waals surface area (Å²) in [6.45, 7) is 8.25. The van der Waals surface area contributed by atoms with Gasteiger partial charge < -0.3 is 15.4 Å². The minimum absolute atomic E-state index is 0. The summed E-state index contributed by atoms with van der Waals surface area (Å²) in [5.41, 5.74) is 3.79. The van der Waals surface area contributed by atoms with Crippen molar-refractivity contribution in [1.82, 2.24) is 10.6 Å². The average Bonchev–Trinajstić information content (AvgIpc) is 2.38. The number of benzene rings is 1. The molecule has 0 radical (unpaired) electrons. The van der Waals surface area contributed by atoms with Crippen LogP contribution in [0.4, 0.5) is 0 Å². The van der Waals surface area contributed by atoms with Gasteiger partial charge in [0.05, 0.1) is 6.61 Å². The van der Waals surface area contributed by atoms with Gasteiger partial charge in [0, 0.05) is 19.1 Å². The first-order valence-electron chi connectivity index (χ1n) is 7.24. The van der Waals surface area contributed by atoms with E-state index in [9.17, 15) is 4.79 Å². The normalized spacial score (nSPS) is 19.5. The van der Waals surface area contributed by atoms with Crippen molar-refractivity contribution in [3.05, 3.63) is 34.9 Å². The van der Waals surface area contributed by atoms with Crippen molar-refractivity contribution in [2.75, 3.05) is 19.7 Å². The van der Waals surface area contributed by atoms with Crippen LogP contribution in [0.15, 0.2) is 18.2 Å². The van der Waals surface area contributed by atoms with Gasteiger partial charge in [-0.1, -0.05) is 29.3 Å². The van der Waals surface area contributed by atoms with Crippen LogP contribution in [0.2, 0.25) is 0 Å². The lowest BCUT2D eigenvalue weighted by molar-refractivity contribution is -0.134. The van der Waals surface area contributed by atoms with E-state index in [0.29, 0.717) is 13.2 Å². The molecule has 0 aromatic heterocycles. The minimum atomic E-state index is -0.356. The second kappa shape index (κ2) is 8.37. The van der Waals surface area contributed by atoms with Crippen molar-refractivity contribution >= 4 is 18.3 Å². The number of nitrogens with one attached hydrogen (secondary N) is 2. The van der Waals surface area contributed by atoms with Crippen LogP contribution in [0.1, 0.15) is 23.6 Å². The van der Waals surface area contributed by atoms with Crippen molar-refractivity contribution in [3.63, 3.8) is 0 Å². The van der Waals surface area contributed by atoms with Crippen LogP contribution in [-0.4, -0.2) is 37.7 Å². The SMILES string of the molecule is Cc1cc(C)cc(CC(C)NC(=O)C2CNCCO2)c1.Cl. The van der Waals surface area contributed by atoms with Crippen molar-refractivity contribution in [2.24, 2.45) is 0 Å². The predicted molar refractivity (Wildman–Crippen MR) is 87.1 cm³/mol. The molecule has 0 spiro atoms. The lowest BCUT2D eigenvalue weighted by Gasteiger charge is -2.24. The van der Waals surface area contributed by atoms with Crippen molar-refractivity contribution in [1.29, 1.82) is 0 Å². The van der Waals surface area contributed by atoms with E-state index in [4.69, 9.17) is 4.74 Å². The van der Waals surface area contributed by atoms with Crippen LogP contribution >= 0.6 is 12.4 Å². The zero-order chi connectivity index (χ0) is 14.5. The van der Waals surface area contributed by atoms with Crippen LogP contribution in [0.25, 0.3) is 0 Å². The number of hydrogen-bond donors (Lipinski definition) is 2. The van der Waals surface area contributed by atoms with E-state index in [1.807, 2.05) is 6.92 Å². The Labute approximate surface area is 133 Å². The molecule has 1 aliphatic heterocycles. The smallest absolute Gasteiger partial charge is 0.250 e. The molecule has 2 rings (SSSR count). The van der Waals surface area contributed by atoms with E-state index in [1.165, 1.54) is 16.7 Å². The highest BCUT2D eigenvalue weighted by atomic mass is 35.5. The van der Waals surface area contributed by atoms with Gasteiger partial charge in [0.15, 0.2) is 0 Å². The highest BCUT2D eigenvalue weighted by molar-refractivity contribution is 5.85. The van der Waals surface area contributed by atoms with Gasteiger partial charge in [0.25, 0.3) is 5.91 Å². The third-order valence-corrected chi connectivity index (χ3v) is 3.43. The molecule has 21 heavy (non-hydrogen) atoms. The van der Waals surface area contributed by atoms with Gasteiger partial charge in [-0.25, -0.2) is 0 Å². The fraction of sp³-hybridized carbons (Fsp3) is 0.562. The number of amides is 1. The maximum atomic E-state index is 12.1. The zero-order valence-electron chi connectivity index (χ0n) is 12.9. The topological polar surface area (TPSA) is 50.4 Å². The average molecular weight is 313 g/mol. The van der Waals surface area contributed by atoms with Gasteiger partial charge in [-0.05, 0) is 32.8 Å². The molecule has 1 aromatic carbocycles. The number of rotatable bonds is 4. The molecule has 1 aliphatic rings. The van der Waals surface area contributed by atoms with Crippen molar-refractivity contribution in [3.8, 4) is 0 Å². The van der Waals surface area contributed by atoms with Crippen LogP contribution in [-0.2, 0) is 16.0 Å². The lowest BCUT2D eigenvalue weighted by Crippen LogP contribution is -2.50. The summed E-state index contributed by atoms with van der Waals surface area (Å²) in [6, 6.07) is 6.62. The molecule has 5 heteroatoms. The van der Waals surface area contributed by atoms with Gasteiger partial charge in [0.1, 0.15) is 6.10 Å². The molecule has 2 unspecified atom stereocenters. The second-order valence-electron chi connectivity index (χ2n) is 5.67. The van der Waals surface area contributed by atoms with E-state index in [1.54, 1.807) is 0 Å². The monoisotopic (exact) mass is 312 g/mol. The molecule has 2 atom stereocenters. The second-order valence-corrected chi connectivity index (χ2v) is 5.67. The van der Waals surface area contributed by atoms with Crippen LogP contribution in [0.3, 0.4) is 0 Å². The van der Waals surface area contributed by atoms with E-state index < -0.39 is 0 Å². The van der Waals surface area contributed by atoms with Gasteiger partial charge in [-0.15, -0.1) is 12.4 Å². The maximum absolute atomic E-state index is 12.1. The van der Waals surface area contributed by atoms with Crippen molar-refractivity contribution < 1.29 is 9.53 Å². The largest absolute Gasteiger partial charge is 0.366 e. The molecule has 1 fully saturated rings. The first-order chi connectivity index (χ1) is 9.54. The summed E-state index contributed by atoms with van der Waals surface area (Å²) in [7, 11) is 0.